The number of aliphatic imine (C=N–C) groups is 1. The highest BCUT2D eigenvalue weighted by atomic mass is 32.1. The van der Waals surface area contributed by atoms with Crippen LogP contribution in [0, 0.1) is 13.8 Å². The van der Waals surface area contributed by atoms with Gasteiger partial charge in [-0.15, -0.1) is 11.3 Å². The molecular weight excluding hydrogens is 502 g/mol. The maximum Gasteiger partial charge on any atom is 0.255 e. The summed E-state index contributed by atoms with van der Waals surface area (Å²) in [5, 5.41) is 3.82. The molecule has 3 heterocycles. The van der Waals surface area contributed by atoms with Crippen LogP contribution in [0.5, 0.6) is 0 Å². The van der Waals surface area contributed by atoms with Crippen LogP contribution in [-0.4, -0.2) is 16.7 Å². The van der Waals surface area contributed by atoms with E-state index in [1.807, 2.05) is 24.4 Å². The molecule has 0 saturated carbocycles. The van der Waals surface area contributed by atoms with Crippen LogP contribution >= 0.6 is 11.3 Å². The Labute approximate surface area is 232 Å². The molecule has 6 rings (SSSR count). The third kappa shape index (κ3) is 5.12. The van der Waals surface area contributed by atoms with Gasteiger partial charge in [-0.2, -0.15) is 0 Å². The molecule has 0 bridgehead atoms. The summed E-state index contributed by atoms with van der Waals surface area (Å²) >= 11 is 1.66. The summed E-state index contributed by atoms with van der Waals surface area (Å²) in [4.78, 5) is 19.5. The molecule has 0 spiro atoms. The van der Waals surface area contributed by atoms with Gasteiger partial charge in [0.25, 0.3) is 5.91 Å². The summed E-state index contributed by atoms with van der Waals surface area (Å²) in [5.74, 6) is 0.656. The first-order valence-electron chi connectivity index (χ1n) is 13.4. The first kappa shape index (κ1) is 25.1. The van der Waals surface area contributed by atoms with Crippen LogP contribution in [-0.2, 0) is 19.4 Å². The normalized spacial score (nSPS) is 13.1. The van der Waals surface area contributed by atoms with Crippen LogP contribution in [0.3, 0.4) is 0 Å². The molecule has 196 valence electrons. The van der Waals surface area contributed by atoms with Crippen molar-refractivity contribution in [1.29, 1.82) is 0 Å². The molecule has 3 aromatic heterocycles. The SMILES string of the molecule is Cc1cc(C=Nc2sc3c(c2C(=O)NCc2ccco2)CCCC3)c(C)n1-c1ccc(-c2ccccc2)cc1. The molecule has 2 aromatic carbocycles. The second-order valence-corrected chi connectivity index (χ2v) is 11.1. The number of hydrogen-bond acceptors (Lipinski definition) is 4. The van der Waals surface area contributed by atoms with Crippen LogP contribution < -0.4 is 5.32 Å². The first-order chi connectivity index (χ1) is 19.1. The van der Waals surface area contributed by atoms with Gasteiger partial charge in [-0.25, -0.2) is 4.99 Å². The van der Waals surface area contributed by atoms with Gasteiger partial charge >= 0.3 is 0 Å². The number of rotatable bonds is 7. The van der Waals surface area contributed by atoms with Crippen molar-refractivity contribution < 1.29 is 9.21 Å². The molecule has 0 atom stereocenters. The van der Waals surface area contributed by atoms with Gasteiger partial charge in [0.1, 0.15) is 10.8 Å². The molecule has 1 aliphatic carbocycles. The molecule has 0 saturated heterocycles. The summed E-state index contributed by atoms with van der Waals surface area (Å²) in [6.07, 6.45) is 7.75. The second kappa shape index (κ2) is 10.9. The van der Waals surface area contributed by atoms with E-state index < -0.39 is 0 Å². The van der Waals surface area contributed by atoms with Gasteiger partial charge in [-0.1, -0.05) is 42.5 Å². The van der Waals surface area contributed by atoms with Crippen LogP contribution in [0.4, 0.5) is 5.00 Å². The monoisotopic (exact) mass is 533 g/mol. The summed E-state index contributed by atoms with van der Waals surface area (Å²) in [5.41, 5.74) is 8.73. The number of carbonyl (C=O) groups is 1. The zero-order valence-corrected chi connectivity index (χ0v) is 23.1. The summed E-state index contributed by atoms with van der Waals surface area (Å²) in [6, 6.07) is 24.9. The molecule has 0 fully saturated rings. The van der Waals surface area contributed by atoms with Crippen LogP contribution in [0.2, 0.25) is 0 Å². The van der Waals surface area contributed by atoms with Crippen LogP contribution in [0.25, 0.3) is 16.8 Å². The van der Waals surface area contributed by atoms with Crippen molar-refractivity contribution in [3.63, 3.8) is 0 Å². The minimum atomic E-state index is -0.0815. The number of nitrogens with one attached hydrogen (secondary N) is 1. The predicted octanol–water partition coefficient (Wildman–Crippen LogP) is 7.98. The van der Waals surface area contributed by atoms with Crippen molar-refractivity contribution in [3.05, 3.63) is 118 Å². The number of aryl methyl sites for hydroxylation is 2. The van der Waals surface area contributed by atoms with Gasteiger partial charge in [0.2, 0.25) is 0 Å². The number of thiophene rings is 1. The smallest absolute Gasteiger partial charge is 0.255 e. The lowest BCUT2D eigenvalue weighted by molar-refractivity contribution is 0.0948. The van der Waals surface area contributed by atoms with E-state index in [0.29, 0.717) is 6.54 Å². The molecule has 1 N–H and O–H groups in total. The summed E-state index contributed by atoms with van der Waals surface area (Å²) < 4.78 is 7.65. The van der Waals surface area contributed by atoms with Crippen molar-refractivity contribution >= 4 is 28.5 Å². The van der Waals surface area contributed by atoms with Gasteiger partial charge in [-0.3, -0.25) is 4.79 Å². The van der Waals surface area contributed by atoms with Crippen LogP contribution in [0.15, 0.2) is 88.5 Å². The van der Waals surface area contributed by atoms with Crippen molar-refractivity contribution in [2.75, 3.05) is 0 Å². The number of aromatic nitrogens is 1. The fraction of sp³-hybridized carbons (Fsp3) is 0.212. The maximum absolute atomic E-state index is 13.3. The van der Waals surface area contributed by atoms with Crippen molar-refractivity contribution in [1.82, 2.24) is 9.88 Å². The Morgan fingerprint density at radius 3 is 2.54 bits per heavy atom. The third-order valence-corrected chi connectivity index (χ3v) is 8.61. The largest absolute Gasteiger partial charge is 0.467 e. The van der Waals surface area contributed by atoms with E-state index in [4.69, 9.17) is 9.41 Å². The van der Waals surface area contributed by atoms with Gasteiger partial charge in [-0.05, 0) is 86.6 Å². The van der Waals surface area contributed by atoms with E-state index in [9.17, 15) is 4.79 Å². The Morgan fingerprint density at radius 1 is 1.00 bits per heavy atom. The predicted molar refractivity (Wildman–Crippen MR) is 159 cm³/mol. The fourth-order valence-corrected chi connectivity index (χ4v) is 6.65. The zero-order chi connectivity index (χ0) is 26.8. The molecule has 1 aliphatic rings. The van der Waals surface area contributed by atoms with E-state index in [1.54, 1.807) is 17.6 Å². The van der Waals surface area contributed by atoms with Crippen molar-refractivity contribution in [2.24, 2.45) is 4.99 Å². The number of amides is 1. The average Bonchev–Trinajstić information content (AvgIpc) is 3.69. The Morgan fingerprint density at radius 2 is 1.77 bits per heavy atom. The van der Waals surface area contributed by atoms with E-state index in [-0.39, 0.29) is 5.91 Å². The van der Waals surface area contributed by atoms with Gasteiger partial charge in [0.15, 0.2) is 0 Å². The minimum Gasteiger partial charge on any atom is -0.467 e. The Bertz CT molecular complexity index is 1620. The van der Waals surface area contributed by atoms with Gasteiger partial charge in [0, 0.05) is 33.7 Å². The lowest BCUT2D eigenvalue weighted by Crippen LogP contribution is -2.23. The van der Waals surface area contributed by atoms with Gasteiger partial charge in [0.05, 0.1) is 18.4 Å². The topological polar surface area (TPSA) is 59.5 Å². The van der Waals surface area contributed by atoms with E-state index in [1.165, 1.54) is 21.6 Å². The number of carbonyl (C=O) groups excluding carboxylic acids is 1. The molecular formula is C33H31N3O2S. The quantitative estimate of drug-likeness (QED) is 0.216. The lowest BCUT2D eigenvalue weighted by Gasteiger charge is -2.12. The van der Waals surface area contributed by atoms with Crippen molar-refractivity contribution in [2.45, 2.75) is 46.1 Å². The Kier molecular flexibility index (Phi) is 7.03. The average molecular weight is 534 g/mol. The van der Waals surface area contributed by atoms with E-state index in [0.717, 1.165) is 64.6 Å². The second-order valence-electron chi connectivity index (χ2n) is 9.99. The zero-order valence-electron chi connectivity index (χ0n) is 22.2. The number of nitrogens with zero attached hydrogens (tertiary/aromatic N) is 2. The number of furan rings is 1. The highest BCUT2D eigenvalue weighted by Gasteiger charge is 2.25. The molecule has 5 aromatic rings. The summed E-state index contributed by atoms with van der Waals surface area (Å²) in [7, 11) is 0. The maximum atomic E-state index is 13.3. The summed E-state index contributed by atoms with van der Waals surface area (Å²) in [6.45, 7) is 4.60. The van der Waals surface area contributed by atoms with E-state index in [2.05, 4.69) is 78.3 Å². The fourth-order valence-electron chi connectivity index (χ4n) is 5.42. The molecule has 1 amide bonds. The minimum absolute atomic E-state index is 0.0815. The molecule has 0 radical (unpaired) electrons. The van der Waals surface area contributed by atoms with Gasteiger partial charge < -0.3 is 14.3 Å². The highest BCUT2D eigenvalue weighted by Crippen LogP contribution is 2.40. The molecule has 6 heteroatoms. The number of benzene rings is 2. The Hall–Kier alpha value is -4.16. The van der Waals surface area contributed by atoms with Crippen molar-refractivity contribution in [3.8, 4) is 16.8 Å². The van der Waals surface area contributed by atoms with Crippen LogP contribution in [0.1, 0.15) is 56.4 Å². The highest BCUT2D eigenvalue weighted by molar-refractivity contribution is 7.16. The molecule has 0 aliphatic heterocycles. The Balaban J connectivity index is 1.28. The number of fused-ring (bicyclic) bond motifs is 1. The molecule has 39 heavy (non-hydrogen) atoms. The molecule has 0 unspecified atom stereocenters. The number of hydrogen-bond donors (Lipinski definition) is 1. The third-order valence-electron chi connectivity index (χ3n) is 7.41. The standard InChI is InChI=1S/C33H31N3O2S/c1-22-19-26(23(2)36(22)27-16-14-25(15-17-27)24-9-4-3-5-10-24)20-35-33-31(29-12-6-7-13-30(29)39-33)32(37)34-21-28-11-8-18-38-28/h3-5,8-11,14-20H,6-7,12-13,21H2,1-2H3,(H,34,37). The lowest BCUT2D eigenvalue weighted by atomic mass is 9.95. The first-order valence-corrected chi connectivity index (χ1v) is 14.2. The molecule has 5 nitrogen and oxygen atoms in total. The van der Waals surface area contributed by atoms with E-state index >= 15 is 0 Å².